The fraction of sp³-hybridized carbons (Fsp3) is 0.520. The van der Waals surface area contributed by atoms with Crippen molar-refractivity contribution < 1.29 is 14.3 Å². The molecule has 2 aliphatic rings. The highest BCUT2D eigenvalue weighted by Gasteiger charge is 2.31. The van der Waals surface area contributed by atoms with Gasteiger partial charge in [-0.1, -0.05) is 11.6 Å². The molecule has 2 atom stereocenters. The summed E-state index contributed by atoms with van der Waals surface area (Å²) in [5.74, 6) is 0.172. The second-order valence-corrected chi connectivity index (χ2v) is 10.7. The zero-order valence-electron chi connectivity index (χ0n) is 20.2. The number of benzene rings is 1. The minimum absolute atomic E-state index is 0.0329. The standard InChI is InChI=1S/C25H31ClFN7O2/c1-25(36)10-2-3-16(12-25)30-23-29-13-20-22(33-23)34(17-7-4-14(5-8-17)21(28)35)24(32-20)31-19-9-6-15(27)11-18(19)26/h6,9,11,13-14,16-17,36H,2-5,7-8,10,12H2,1H3,(H2,28,35)(H,31,32)(H,29,30,33)/t14-,16-,17-,25+/m1/s1. The molecule has 0 bridgehead atoms. The summed E-state index contributed by atoms with van der Waals surface area (Å²) in [6.45, 7) is 1.86. The van der Waals surface area contributed by atoms with Gasteiger partial charge in [0.05, 0.1) is 22.5 Å². The first-order valence-electron chi connectivity index (χ1n) is 12.4. The van der Waals surface area contributed by atoms with Crippen molar-refractivity contribution in [2.45, 2.75) is 76.0 Å². The molecule has 0 radical (unpaired) electrons. The summed E-state index contributed by atoms with van der Waals surface area (Å²) in [6, 6.07) is 4.25. The summed E-state index contributed by atoms with van der Waals surface area (Å²) in [5.41, 5.74) is 6.63. The smallest absolute Gasteiger partial charge is 0.224 e. The Hall–Kier alpha value is -2.98. The second kappa shape index (κ2) is 9.82. The third-order valence-electron chi connectivity index (χ3n) is 7.36. The zero-order chi connectivity index (χ0) is 25.4. The quantitative estimate of drug-likeness (QED) is 0.374. The van der Waals surface area contributed by atoms with Crippen molar-refractivity contribution in [3.05, 3.63) is 35.2 Å². The average Bonchev–Trinajstić information content (AvgIpc) is 3.17. The Bertz CT molecular complexity index is 1270. The van der Waals surface area contributed by atoms with Crippen molar-refractivity contribution in [3.63, 3.8) is 0 Å². The van der Waals surface area contributed by atoms with E-state index in [0.717, 1.165) is 32.1 Å². The Balaban J connectivity index is 1.49. The molecule has 2 fully saturated rings. The predicted octanol–water partition coefficient (Wildman–Crippen LogP) is 4.68. The first-order chi connectivity index (χ1) is 17.2. The number of carbonyl (C=O) groups excluding carboxylic acids is 1. The first-order valence-corrected chi connectivity index (χ1v) is 12.8. The van der Waals surface area contributed by atoms with Gasteiger partial charge in [-0.2, -0.15) is 4.98 Å². The van der Waals surface area contributed by atoms with Crippen LogP contribution in [0.25, 0.3) is 11.2 Å². The number of imidazole rings is 1. The lowest BCUT2D eigenvalue weighted by atomic mass is 9.83. The van der Waals surface area contributed by atoms with Crippen molar-refractivity contribution >= 4 is 46.3 Å². The van der Waals surface area contributed by atoms with Crippen LogP contribution in [-0.2, 0) is 4.79 Å². The van der Waals surface area contributed by atoms with E-state index in [4.69, 9.17) is 27.3 Å². The molecule has 2 aliphatic carbocycles. The number of rotatable bonds is 6. The molecule has 9 nitrogen and oxygen atoms in total. The third kappa shape index (κ3) is 5.24. The van der Waals surface area contributed by atoms with E-state index in [1.807, 2.05) is 11.5 Å². The van der Waals surface area contributed by atoms with Gasteiger partial charge >= 0.3 is 0 Å². The van der Waals surface area contributed by atoms with Crippen LogP contribution in [0.3, 0.4) is 0 Å². The normalized spacial score (nSPS) is 26.6. The Morgan fingerprint density at radius 1 is 1.25 bits per heavy atom. The van der Waals surface area contributed by atoms with Crippen LogP contribution < -0.4 is 16.4 Å². The van der Waals surface area contributed by atoms with E-state index in [1.165, 1.54) is 12.1 Å². The SMILES string of the molecule is C[C@]1(O)CCC[C@@H](Nc2ncc3nc(Nc4ccc(F)cc4Cl)n([C@H]4CC[C@H](C(N)=O)CC4)c3n2)C1. The molecule has 5 rings (SSSR count). The summed E-state index contributed by atoms with van der Waals surface area (Å²) in [4.78, 5) is 25.7. The Kier molecular flexibility index (Phi) is 6.74. The van der Waals surface area contributed by atoms with E-state index in [0.29, 0.717) is 48.0 Å². The number of fused-ring (bicyclic) bond motifs is 1. The van der Waals surface area contributed by atoms with Gasteiger partial charge in [0.15, 0.2) is 5.65 Å². The minimum atomic E-state index is -0.702. The monoisotopic (exact) mass is 515 g/mol. The van der Waals surface area contributed by atoms with Crippen molar-refractivity contribution in [1.82, 2.24) is 19.5 Å². The molecule has 5 N–H and O–H groups in total. The fourth-order valence-electron chi connectivity index (χ4n) is 5.49. The molecule has 0 aliphatic heterocycles. The molecule has 3 aromatic rings. The molecule has 0 saturated heterocycles. The van der Waals surface area contributed by atoms with Crippen molar-refractivity contribution in [2.75, 3.05) is 10.6 Å². The van der Waals surface area contributed by atoms with Gasteiger partial charge in [-0.05, 0) is 76.5 Å². The van der Waals surface area contributed by atoms with E-state index < -0.39 is 11.4 Å². The van der Waals surface area contributed by atoms with Crippen LogP contribution in [0.5, 0.6) is 0 Å². The molecule has 1 aromatic carbocycles. The van der Waals surface area contributed by atoms with Gasteiger partial charge in [-0.25, -0.2) is 14.4 Å². The molecule has 2 heterocycles. The molecular weight excluding hydrogens is 485 g/mol. The van der Waals surface area contributed by atoms with Crippen molar-refractivity contribution in [1.29, 1.82) is 0 Å². The summed E-state index contributed by atoms with van der Waals surface area (Å²) in [6.07, 6.45) is 7.80. The van der Waals surface area contributed by atoms with Gasteiger partial charge in [0, 0.05) is 18.0 Å². The number of halogens is 2. The Labute approximate surface area is 213 Å². The number of amides is 1. The maximum atomic E-state index is 13.6. The number of aromatic nitrogens is 4. The van der Waals surface area contributed by atoms with Gasteiger partial charge in [-0.15, -0.1) is 0 Å². The summed E-state index contributed by atoms with van der Waals surface area (Å²) in [5, 5.41) is 17.3. The second-order valence-electron chi connectivity index (χ2n) is 10.3. The topological polar surface area (TPSA) is 131 Å². The number of nitrogens with zero attached hydrogens (tertiary/aromatic N) is 4. The summed E-state index contributed by atoms with van der Waals surface area (Å²) < 4.78 is 15.6. The van der Waals surface area contributed by atoms with Crippen molar-refractivity contribution in [3.8, 4) is 0 Å². The molecule has 2 saturated carbocycles. The van der Waals surface area contributed by atoms with Gasteiger partial charge in [0.25, 0.3) is 0 Å². The largest absolute Gasteiger partial charge is 0.390 e. The number of nitrogens with one attached hydrogen (secondary N) is 2. The zero-order valence-corrected chi connectivity index (χ0v) is 20.9. The third-order valence-corrected chi connectivity index (χ3v) is 7.67. The molecule has 2 aromatic heterocycles. The van der Waals surface area contributed by atoms with Crippen LogP contribution in [0.15, 0.2) is 24.4 Å². The van der Waals surface area contributed by atoms with E-state index in [2.05, 4.69) is 15.6 Å². The Morgan fingerprint density at radius 3 is 2.72 bits per heavy atom. The average molecular weight is 516 g/mol. The van der Waals surface area contributed by atoms with Crippen LogP contribution in [-0.4, -0.2) is 42.2 Å². The summed E-state index contributed by atoms with van der Waals surface area (Å²) >= 11 is 6.28. The van der Waals surface area contributed by atoms with Gasteiger partial charge in [0.2, 0.25) is 17.8 Å². The number of hydrogen-bond acceptors (Lipinski definition) is 7. The van der Waals surface area contributed by atoms with Gasteiger partial charge in [-0.3, -0.25) is 9.36 Å². The minimum Gasteiger partial charge on any atom is -0.390 e. The number of anilines is 3. The highest BCUT2D eigenvalue weighted by molar-refractivity contribution is 6.33. The lowest BCUT2D eigenvalue weighted by Gasteiger charge is -2.34. The summed E-state index contributed by atoms with van der Waals surface area (Å²) in [7, 11) is 0. The number of aliphatic hydroxyl groups is 1. The molecule has 11 heteroatoms. The number of primary amides is 1. The first kappa shape index (κ1) is 24.7. The van der Waals surface area contributed by atoms with E-state index in [-0.39, 0.29) is 28.9 Å². The van der Waals surface area contributed by atoms with Crippen LogP contribution >= 0.6 is 11.6 Å². The van der Waals surface area contributed by atoms with Crippen LogP contribution in [0.4, 0.5) is 22.0 Å². The fourth-order valence-corrected chi connectivity index (χ4v) is 5.71. The maximum Gasteiger partial charge on any atom is 0.224 e. The molecule has 1 amide bonds. The molecule has 0 unspecified atom stereocenters. The van der Waals surface area contributed by atoms with Crippen LogP contribution in [0, 0.1) is 11.7 Å². The molecular formula is C25H31ClFN7O2. The van der Waals surface area contributed by atoms with E-state index >= 15 is 0 Å². The van der Waals surface area contributed by atoms with Crippen LogP contribution in [0.2, 0.25) is 5.02 Å². The number of hydrogen-bond donors (Lipinski definition) is 4. The van der Waals surface area contributed by atoms with Crippen molar-refractivity contribution in [2.24, 2.45) is 11.7 Å². The number of carbonyl (C=O) groups is 1. The van der Waals surface area contributed by atoms with Crippen LogP contribution in [0.1, 0.15) is 64.3 Å². The van der Waals surface area contributed by atoms with E-state index in [9.17, 15) is 14.3 Å². The predicted molar refractivity (Wildman–Crippen MR) is 137 cm³/mol. The molecule has 36 heavy (non-hydrogen) atoms. The highest BCUT2D eigenvalue weighted by atomic mass is 35.5. The number of nitrogens with two attached hydrogens (primary N) is 1. The van der Waals surface area contributed by atoms with Gasteiger partial charge < -0.3 is 21.5 Å². The lowest BCUT2D eigenvalue weighted by Crippen LogP contribution is -2.38. The van der Waals surface area contributed by atoms with E-state index in [1.54, 1.807) is 12.3 Å². The molecule has 0 spiro atoms. The maximum absolute atomic E-state index is 13.6. The highest BCUT2D eigenvalue weighted by Crippen LogP contribution is 2.38. The molecule has 192 valence electrons. The van der Waals surface area contributed by atoms with Gasteiger partial charge in [0.1, 0.15) is 11.3 Å². The Morgan fingerprint density at radius 2 is 2.03 bits per heavy atom. The lowest BCUT2D eigenvalue weighted by molar-refractivity contribution is -0.122.